The Morgan fingerprint density at radius 1 is 1.05 bits per heavy atom. The Kier molecular flexibility index (Phi) is 7.15. The summed E-state index contributed by atoms with van der Waals surface area (Å²) in [5.41, 5.74) is 4.30. The van der Waals surface area contributed by atoms with Crippen LogP contribution in [0.4, 0.5) is 11.4 Å². The van der Waals surface area contributed by atoms with Crippen molar-refractivity contribution in [3.8, 4) is 6.07 Å². The van der Waals surface area contributed by atoms with E-state index in [1.807, 2.05) is 42.5 Å². The molecule has 3 aromatic rings. The van der Waals surface area contributed by atoms with Crippen molar-refractivity contribution in [2.45, 2.75) is 30.2 Å². The summed E-state index contributed by atoms with van der Waals surface area (Å²) in [7, 11) is -3.90. The molecule has 188 valence electrons. The summed E-state index contributed by atoms with van der Waals surface area (Å²) in [6, 6.07) is 23.7. The molecule has 37 heavy (non-hydrogen) atoms. The number of benzene rings is 3. The van der Waals surface area contributed by atoms with Crippen LogP contribution in [0.15, 0.2) is 82.7 Å². The molecule has 5 rings (SSSR count). The summed E-state index contributed by atoms with van der Waals surface area (Å²) < 4.78 is 27.6. The molecule has 2 aliphatic rings. The summed E-state index contributed by atoms with van der Waals surface area (Å²) in [6.07, 6.45) is 2.48. The van der Waals surface area contributed by atoms with Crippen LogP contribution in [0.5, 0.6) is 0 Å². The molecule has 2 heterocycles. The first kappa shape index (κ1) is 24.8. The first-order chi connectivity index (χ1) is 17.9. The molecule has 1 unspecified atom stereocenters. The molecule has 0 radical (unpaired) electrons. The SMILES string of the molecule is N#CCNS(=O)(=O)c1ccc2c(c1)C(C(=Nc1ccc(CN3CCCC3)cc1)c1ccccc1)C(=O)N2. The van der Waals surface area contributed by atoms with Gasteiger partial charge >= 0.3 is 0 Å². The number of anilines is 1. The highest BCUT2D eigenvalue weighted by Crippen LogP contribution is 2.37. The van der Waals surface area contributed by atoms with E-state index < -0.39 is 15.9 Å². The van der Waals surface area contributed by atoms with Crippen molar-refractivity contribution in [1.29, 1.82) is 5.26 Å². The molecule has 1 atom stereocenters. The summed E-state index contributed by atoms with van der Waals surface area (Å²) >= 11 is 0. The molecule has 1 fully saturated rings. The van der Waals surface area contributed by atoms with E-state index in [-0.39, 0.29) is 17.3 Å². The van der Waals surface area contributed by atoms with Crippen molar-refractivity contribution in [3.05, 3.63) is 89.5 Å². The predicted octanol–water partition coefficient (Wildman–Crippen LogP) is 3.94. The van der Waals surface area contributed by atoms with Gasteiger partial charge in [0.2, 0.25) is 15.9 Å². The topological polar surface area (TPSA) is 115 Å². The largest absolute Gasteiger partial charge is 0.325 e. The van der Waals surface area contributed by atoms with E-state index in [0.29, 0.717) is 22.6 Å². The molecule has 2 N–H and O–H groups in total. The van der Waals surface area contributed by atoms with E-state index in [2.05, 4.69) is 27.1 Å². The summed E-state index contributed by atoms with van der Waals surface area (Å²) in [5, 5.41) is 11.6. The average molecular weight is 514 g/mol. The minimum atomic E-state index is -3.90. The van der Waals surface area contributed by atoms with Gasteiger partial charge in [-0.25, -0.2) is 8.42 Å². The van der Waals surface area contributed by atoms with E-state index in [9.17, 15) is 13.2 Å². The Morgan fingerprint density at radius 3 is 2.49 bits per heavy atom. The van der Waals surface area contributed by atoms with Gasteiger partial charge in [0.25, 0.3) is 0 Å². The number of carbonyl (C=O) groups excluding carboxylic acids is 1. The first-order valence-corrected chi connectivity index (χ1v) is 13.7. The highest BCUT2D eigenvalue weighted by molar-refractivity contribution is 7.89. The minimum Gasteiger partial charge on any atom is -0.325 e. The maximum absolute atomic E-state index is 13.2. The molecule has 1 amide bonds. The molecule has 0 aromatic heterocycles. The van der Waals surface area contributed by atoms with Crippen LogP contribution in [0.25, 0.3) is 0 Å². The third kappa shape index (κ3) is 5.47. The number of hydrogen-bond acceptors (Lipinski definition) is 6. The quantitative estimate of drug-likeness (QED) is 0.350. The molecular formula is C28H27N5O3S. The fraction of sp³-hybridized carbons (Fsp3) is 0.250. The highest BCUT2D eigenvalue weighted by Gasteiger charge is 2.36. The van der Waals surface area contributed by atoms with E-state index in [1.165, 1.54) is 30.5 Å². The van der Waals surface area contributed by atoms with Crippen LogP contribution in [-0.2, 0) is 21.4 Å². The number of carbonyl (C=O) groups is 1. The van der Waals surface area contributed by atoms with Gasteiger partial charge in [0.1, 0.15) is 5.92 Å². The van der Waals surface area contributed by atoms with Crippen LogP contribution in [0.2, 0.25) is 0 Å². The lowest BCUT2D eigenvalue weighted by atomic mass is 9.90. The molecular weight excluding hydrogens is 486 g/mol. The molecule has 0 spiro atoms. The second-order valence-corrected chi connectivity index (χ2v) is 10.9. The predicted molar refractivity (Wildman–Crippen MR) is 142 cm³/mol. The van der Waals surface area contributed by atoms with Crippen molar-refractivity contribution in [2.75, 3.05) is 25.0 Å². The van der Waals surface area contributed by atoms with E-state index in [4.69, 9.17) is 10.3 Å². The number of nitrogens with zero attached hydrogens (tertiary/aromatic N) is 3. The molecule has 0 bridgehead atoms. The van der Waals surface area contributed by atoms with Gasteiger partial charge < -0.3 is 5.32 Å². The summed E-state index contributed by atoms with van der Waals surface area (Å²) in [5.74, 6) is -1.07. The summed E-state index contributed by atoms with van der Waals surface area (Å²) in [4.78, 5) is 20.5. The Morgan fingerprint density at radius 2 is 1.78 bits per heavy atom. The smallest absolute Gasteiger partial charge is 0.241 e. The van der Waals surface area contributed by atoms with Crippen LogP contribution >= 0.6 is 0 Å². The van der Waals surface area contributed by atoms with Crippen LogP contribution < -0.4 is 10.0 Å². The first-order valence-electron chi connectivity index (χ1n) is 12.2. The zero-order valence-electron chi connectivity index (χ0n) is 20.2. The van der Waals surface area contributed by atoms with Gasteiger partial charge in [-0.15, -0.1) is 0 Å². The monoisotopic (exact) mass is 513 g/mol. The van der Waals surface area contributed by atoms with Gasteiger partial charge in [0, 0.05) is 12.2 Å². The molecule has 1 saturated heterocycles. The minimum absolute atomic E-state index is 0.0123. The van der Waals surface area contributed by atoms with Crippen molar-refractivity contribution in [1.82, 2.24) is 9.62 Å². The fourth-order valence-electron chi connectivity index (χ4n) is 4.81. The van der Waals surface area contributed by atoms with Gasteiger partial charge in [-0.3, -0.25) is 14.7 Å². The standard InChI is InChI=1S/C28H27N5O3S/c29-14-15-30-37(35,36)23-12-13-25-24(18-23)26(28(34)32-25)27(21-6-2-1-3-7-21)31-22-10-8-20(9-11-22)19-33-16-4-5-17-33/h1-3,6-13,18,26,30H,4-5,15-17,19H2,(H,32,34). The number of hydrogen-bond donors (Lipinski definition) is 2. The zero-order valence-corrected chi connectivity index (χ0v) is 21.0. The number of rotatable bonds is 8. The van der Waals surface area contributed by atoms with Crippen molar-refractivity contribution in [3.63, 3.8) is 0 Å². The van der Waals surface area contributed by atoms with Gasteiger partial charge in [0.15, 0.2) is 0 Å². The second-order valence-electron chi connectivity index (χ2n) is 9.17. The van der Waals surface area contributed by atoms with E-state index in [1.54, 1.807) is 12.1 Å². The molecule has 8 nitrogen and oxygen atoms in total. The Hall–Kier alpha value is -3.84. The second kappa shape index (κ2) is 10.6. The average Bonchev–Trinajstić information content (AvgIpc) is 3.54. The number of aliphatic imine (C=N–C) groups is 1. The number of amides is 1. The van der Waals surface area contributed by atoms with Gasteiger partial charge in [0.05, 0.1) is 28.9 Å². The van der Waals surface area contributed by atoms with Crippen LogP contribution in [0, 0.1) is 11.3 Å². The number of sulfonamides is 1. The lowest BCUT2D eigenvalue weighted by Gasteiger charge is -2.16. The maximum atomic E-state index is 13.2. The number of likely N-dealkylation sites (tertiary alicyclic amines) is 1. The Labute approximate surface area is 216 Å². The number of fused-ring (bicyclic) bond motifs is 1. The zero-order chi connectivity index (χ0) is 25.8. The van der Waals surface area contributed by atoms with Crippen molar-refractivity contribution >= 4 is 33.0 Å². The maximum Gasteiger partial charge on any atom is 0.241 e. The Bertz CT molecular complexity index is 1470. The van der Waals surface area contributed by atoms with Crippen molar-refractivity contribution < 1.29 is 13.2 Å². The van der Waals surface area contributed by atoms with Gasteiger partial charge in [-0.05, 0) is 73.0 Å². The third-order valence-corrected chi connectivity index (χ3v) is 8.04. The molecule has 9 heteroatoms. The van der Waals surface area contributed by atoms with Crippen LogP contribution in [-0.4, -0.2) is 44.6 Å². The third-order valence-electron chi connectivity index (χ3n) is 6.64. The highest BCUT2D eigenvalue weighted by atomic mass is 32.2. The Balaban J connectivity index is 1.52. The lowest BCUT2D eigenvalue weighted by Crippen LogP contribution is -2.24. The van der Waals surface area contributed by atoms with Crippen LogP contribution in [0.3, 0.4) is 0 Å². The molecule has 2 aliphatic heterocycles. The lowest BCUT2D eigenvalue weighted by molar-refractivity contribution is -0.115. The van der Waals surface area contributed by atoms with Gasteiger partial charge in [-0.1, -0.05) is 42.5 Å². The van der Waals surface area contributed by atoms with Crippen LogP contribution in [0.1, 0.15) is 35.4 Å². The number of nitrogens with one attached hydrogen (secondary N) is 2. The van der Waals surface area contributed by atoms with Gasteiger partial charge in [-0.2, -0.15) is 9.98 Å². The normalized spacial score (nSPS) is 17.9. The number of nitriles is 1. The molecule has 0 aliphatic carbocycles. The molecule has 3 aromatic carbocycles. The van der Waals surface area contributed by atoms with E-state index >= 15 is 0 Å². The molecule has 0 saturated carbocycles. The van der Waals surface area contributed by atoms with Crippen molar-refractivity contribution in [2.24, 2.45) is 4.99 Å². The van der Waals surface area contributed by atoms with E-state index in [0.717, 1.165) is 25.2 Å². The summed E-state index contributed by atoms with van der Waals surface area (Å²) in [6.45, 7) is 2.81. The fourth-order valence-corrected chi connectivity index (χ4v) is 5.76.